The number of benzene rings is 1. The molecule has 0 aliphatic heterocycles. The molecule has 5 heteroatoms. The molecule has 112 valence electrons. The maximum absolute atomic E-state index is 12.1. The summed E-state index contributed by atoms with van der Waals surface area (Å²) in [6, 6.07) is 6.25. The van der Waals surface area contributed by atoms with Gasteiger partial charge >= 0.3 is 6.36 Å². The number of ether oxygens (including phenoxy) is 1. The third kappa shape index (κ3) is 4.40. The fraction of sp³-hybridized carbons (Fsp3) is 0.600. The van der Waals surface area contributed by atoms with E-state index in [-0.39, 0.29) is 5.75 Å². The van der Waals surface area contributed by atoms with Gasteiger partial charge in [-0.05, 0) is 62.4 Å². The van der Waals surface area contributed by atoms with E-state index in [1.165, 1.54) is 31.4 Å². The molecule has 1 aromatic rings. The zero-order valence-corrected chi connectivity index (χ0v) is 11.5. The summed E-state index contributed by atoms with van der Waals surface area (Å²) >= 11 is 0. The zero-order chi connectivity index (χ0) is 14.6. The molecule has 1 aliphatic carbocycles. The van der Waals surface area contributed by atoms with Crippen LogP contribution in [0, 0.1) is 11.8 Å². The monoisotopic (exact) mass is 287 g/mol. The van der Waals surface area contributed by atoms with Gasteiger partial charge in [-0.3, -0.25) is 0 Å². The van der Waals surface area contributed by atoms with Gasteiger partial charge in [0.2, 0.25) is 0 Å². The minimum absolute atomic E-state index is 0.153. The van der Waals surface area contributed by atoms with E-state index in [0.717, 1.165) is 18.5 Å². The highest BCUT2D eigenvalue weighted by molar-refractivity contribution is 5.27. The van der Waals surface area contributed by atoms with Crippen LogP contribution < -0.4 is 10.1 Å². The van der Waals surface area contributed by atoms with E-state index < -0.39 is 6.36 Å². The predicted molar refractivity (Wildman–Crippen MR) is 71.6 cm³/mol. The Bertz CT molecular complexity index is 416. The molecule has 1 N–H and O–H groups in total. The second-order valence-corrected chi connectivity index (χ2v) is 5.40. The number of halogens is 3. The van der Waals surface area contributed by atoms with Crippen LogP contribution in [0.15, 0.2) is 24.3 Å². The van der Waals surface area contributed by atoms with Gasteiger partial charge in [-0.25, -0.2) is 0 Å². The molecular weight excluding hydrogens is 267 g/mol. The molecule has 20 heavy (non-hydrogen) atoms. The lowest BCUT2D eigenvalue weighted by atomic mass is 9.89. The van der Waals surface area contributed by atoms with Crippen LogP contribution in [0.1, 0.15) is 24.8 Å². The standard InChI is InChI=1S/C15H20F3NO/c1-19-10-13-4-2-3-12(13)9-11-5-7-14(8-6-11)20-15(16,17)18/h5-8,12-13,19H,2-4,9-10H2,1H3. The normalized spacial score (nSPS) is 23.0. The molecular formula is C15H20F3NO. The summed E-state index contributed by atoms with van der Waals surface area (Å²) in [5.41, 5.74) is 1.08. The van der Waals surface area contributed by atoms with E-state index in [1.807, 2.05) is 7.05 Å². The van der Waals surface area contributed by atoms with Gasteiger partial charge < -0.3 is 10.1 Å². The van der Waals surface area contributed by atoms with Gasteiger partial charge in [-0.1, -0.05) is 18.6 Å². The maximum atomic E-state index is 12.1. The van der Waals surface area contributed by atoms with Crippen molar-refractivity contribution in [2.75, 3.05) is 13.6 Å². The molecule has 1 aliphatic rings. The number of hydrogen-bond acceptors (Lipinski definition) is 2. The summed E-state index contributed by atoms with van der Waals surface area (Å²) in [5, 5.41) is 3.22. The first-order chi connectivity index (χ1) is 9.48. The van der Waals surface area contributed by atoms with Gasteiger partial charge in [-0.15, -0.1) is 13.2 Å². The van der Waals surface area contributed by atoms with E-state index in [0.29, 0.717) is 11.8 Å². The molecule has 2 atom stereocenters. The molecule has 0 amide bonds. The van der Waals surface area contributed by atoms with Gasteiger partial charge in [0, 0.05) is 0 Å². The van der Waals surface area contributed by atoms with E-state index in [4.69, 9.17) is 0 Å². The van der Waals surface area contributed by atoms with Crippen molar-refractivity contribution in [3.05, 3.63) is 29.8 Å². The fourth-order valence-corrected chi connectivity index (χ4v) is 3.04. The highest BCUT2D eigenvalue weighted by Crippen LogP contribution is 2.34. The summed E-state index contributed by atoms with van der Waals surface area (Å²) in [5.74, 6) is 1.14. The van der Waals surface area contributed by atoms with Crippen molar-refractivity contribution in [3.63, 3.8) is 0 Å². The van der Waals surface area contributed by atoms with Gasteiger partial charge in [-0.2, -0.15) is 0 Å². The first-order valence-corrected chi connectivity index (χ1v) is 6.97. The fourth-order valence-electron chi connectivity index (χ4n) is 3.04. The minimum atomic E-state index is -4.62. The first kappa shape index (κ1) is 15.2. The second kappa shape index (κ2) is 6.48. The lowest BCUT2D eigenvalue weighted by Crippen LogP contribution is -2.23. The Morgan fingerprint density at radius 3 is 2.40 bits per heavy atom. The molecule has 2 nitrogen and oxygen atoms in total. The lowest BCUT2D eigenvalue weighted by Gasteiger charge is -2.19. The molecule has 1 fully saturated rings. The van der Waals surface area contributed by atoms with Gasteiger partial charge in [0.05, 0.1) is 0 Å². The minimum Gasteiger partial charge on any atom is -0.406 e. The van der Waals surface area contributed by atoms with Crippen molar-refractivity contribution >= 4 is 0 Å². The average molecular weight is 287 g/mol. The van der Waals surface area contributed by atoms with E-state index in [1.54, 1.807) is 12.1 Å². The molecule has 2 rings (SSSR count). The van der Waals surface area contributed by atoms with Crippen LogP contribution in [0.5, 0.6) is 5.75 Å². The highest BCUT2D eigenvalue weighted by Gasteiger charge is 2.31. The van der Waals surface area contributed by atoms with Crippen molar-refractivity contribution in [2.45, 2.75) is 32.0 Å². The summed E-state index contributed by atoms with van der Waals surface area (Å²) in [7, 11) is 1.96. The largest absolute Gasteiger partial charge is 0.573 e. The second-order valence-electron chi connectivity index (χ2n) is 5.40. The maximum Gasteiger partial charge on any atom is 0.573 e. The van der Waals surface area contributed by atoms with Gasteiger partial charge in [0.15, 0.2) is 0 Å². The van der Waals surface area contributed by atoms with Crippen LogP contribution in [0.4, 0.5) is 13.2 Å². The smallest absolute Gasteiger partial charge is 0.406 e. The predicted octanol–water partition coefficient (Wildman–Crippen LogP) is 3.76. The van der Waals surface area contributed by atoms with Crippen LogP contribution in [-0.2, 0) is 6.42 Å². The Morgan fingerprint density at radius 1 is 1.15 bits per heavy atom. The lowest BCUT2D eigenvalue weighted by molar-refractivity contribution is -0.274. The van der Waals surface area contributed by atoms with Crippen LogP contribution in [0.2, 0.25) is 0 Å². The summed E-state index contributed by atoms with van der Waals surface area (Å²) in [4.78, 5) is 0. The summed E-state index contributed by atoms with van der Waals surface area (Å²) in [6.45, 7) is 1.01. The molecule has 0 spiro atoms. The summed E-state index contributed by atoms with van der Waals surface area (Å²) < 4.78 is 40.1. The van der Waals surface area contributed by atoms with Crippen LogP contribution in [0.3, 0.4) is 0 Å². The zero-order valence-electron chi connectivity index (χ0n) is 11.5. The van der Waals surface area contributed by atoms with Crippen LogP contribution in [0.25, 0.3) is 0 Å². The number of rotatable bonds is 5. The van der Waals surface area contributed by atoms with E-state index in [2.05, 4.69) is 10.1 Å². The first-order valence-electron chi connectivity index (χ1n) is 6.97. The quantitative estimate of drug-likeness (QED) is 0.890. The van der Waals surface area contributed by atoms with Crippen molar-refractivity contribution < 1.29 is 17.9 Å². The van der Waals surface area contributed by atoms with Crippen LogP contribution in [-0.4, -0.2) is 20.0 Å². The van der Waals surface area contributed by atoms with Crippen molar-refractivity contribution in [3.8, 4) is 5.75 Å². The third-order valence-electron chi connectivity index (χ3n) is 3.94. The SMILES string of the molecule is CNCC1CCCC1Cc1ccc(OC(F)(F)F)cc1. The Morgan fingerprint density at radius 2 is 1.80 bits per heavy atom. The third-order valence-corrected chi connectivity index (χ3v) is 3.94. The molecule has 0 saturated heterocycles. The van der Waals surface area contributed by atoms with E-state index in [9.17, 15) is 13.2 Å². The Balaban J connectivity index is 1.93. The number of nitrogens with one attached hydrogen (secondary N) is 1. The average Bonchev–Trinajstić information content (AvgIpc) is 2.78. The Hall–Kier alpha value is -1.23. The Labute approximate surface area is 117 Å². The molecule has 0 heterocycles. The topological polar surface area (TPSA) is 21.3 Å². The molecule has 1 aromatic carbocycles. The van der Waals surface area contributed by atoms with Gasteiger partial charge in [0.1, 0.15) is 5.75 Å². The molecule has 2 unspecified atom stereocenters. The number of hydrogen-bond donors (Lipinski definition) is 1. The molecule has 1 saturated carbocycles. The van der Waals surface area contributed by atoms with E-state index >= 15 is 0 Å². The number of alkyl halides is 3. The van der Waals surface area contributed by atoms with Crippen molar-refractivity contribution in [2.24, 2.45) is 11.8 Å². The summed E-state index contributed by atoms with van der Waals surface area (Å²) in [6.07, 6.45) is -0.0102. The van der Waals surface area contributed by atoms with Gasteiger partial charge in [0.25, 0.3) is 0 Å². The van der Waals surface area contributed by atoms with Crippen molar-refractivity contribution in [1.29, 1.82) is 0 Å². The highest BCUT2D eigenvalue weighted by atomic mass is 19.4. The molecule has 0 bridgehead atoms. The Kier molecular flexibility index (Phi) is 4.91. The van der Waals surface area contributed by atoms with Crippen LogP contribution >= 0.6 is 0 Å². The van der Waals surface area contributed by atoms with Crippen molar-refractivity contribution in [1.82, 2.24) is 5.32 Å². The molecule has 0 radical (unpaired) electrons. The molecule has 0 aromatic heterocycles.